The Kier molecular flexibility index (Phi) is 3.77. The summed E-state index contributed by atoms with van der Waals surface area (Å²) in [6.45, 7) is 0.726. The van der Waals surface area contributed by atoms with Crippen molar-refractivity contribution >= 4 is 28.9 Å². The number of anilines is 1. The fraction of sp³-hybridized carbons (Fsp3) is 0.250. The predicted molar refractivity (Wildman–Crippen MR) is 83.9 cm³/mol. The number of hydrogen-bond acceptors (Lipinski definition) is 2. The van der Waals surface area contributed by atoms with E-state index in [2.05, 4.69) is 29.6 Å². The van der Waals surface area contributed by atoms with Crippen molar-refractivity contribution in [3.8, 4) is 5.75 Å². The molecule has 3 rings (SSSR count). The van der Waals surface area contributed by atoms with Crippen LogP contribution >= 0.6 is 23.2 Å². The second-order valence-electron chi connectivity index (χ2n) is 5.12. The summed E-state index contributed by atoms with van der Waals surface area (Å²) in [5.41, 5.74) is 3.54. The fourth-order valence-electron chi connectivity index (χ4n) is 2.35. The molecule has 0 saturated heterocycles. The molecule has 104 valence electrons. The molecule has 0 radical (unpaired) electrons. The zero-order valence-corrected chi connectivity index (χ0v) is 12.4. The number of phenolic OH excluding ortho intramolecular Hbond substituents is 1. The Morgan fingerprint density at radius 2 is 1.75 bits per heavy atom. The number of rotatable bonds is 4. The van der Waals surface area contributed by atoms with E-state index in [1.54, 1.807) is 12.1 Å². The molecule has 4 heteroatoms. The number of aromatic hydroxyl groups is 1. The van der Waals surface area contributed by atoms with Gasteiger partial charge >= 0.3 is 0 Å². The van der Waals surface area contributed by atoms with Crippen molar-refractivity contribution in [3.63, 3.8) is 0 Å². The Morgan fingerprint density at radius 3 is 2.40 bits per heavy atom. The molecule has 1 aliphatic rings. The normalized spacial score (nSPS) is 14.3. The van der Waals surface area contributed by atoms with Crippen LogP contribution in [-0.4, -0.2) is 5.11 Å². The van der Waals surface area contributed by atoms with E-state index >= 15 is 0 Å². The van der Waals surface area contributed by atoms with Crippen molar-refractivity contribution in [1.82, 2.24) is 0 Å². The second-order valence-corrected chi connectivity index (χ2v) is 5.93. The van der Waals surface area contributed by atoms with Gasteiger partial charge in [0.25, 0.3) is 0 Å². The lowest BCUT2D eigenvalue weighted by Crippen LogP contribution is -2.02. The maximum absolute atomic E-state index is 9.55. The van der Waals surface area contributed by atoms with Crippen LogP contribution in [0.4, 0.5) is 5.69 Å². The predicted octanol–water partition coefficient (Wildman–Crippen LogP) is 5.19. The van der Waals surface area contributed by atoms with Gasteiger partial charge in [0.15, 0.2) is 5.75 Å². The summed E-state index contributed by atoms with van der Waals surface area (Å²) in [6.07, 6.45) is 2.57. The molecule has 0 aliphatic heterocycles. The molecule has 1 fully saturated rings. The van der Waals surface area contributed by atoms with Gasteiger partial charge in [-0.3, -0.25) is 0 Å². The van der Waals surface area contributed by atoms with Crippen LogP contribution in [0.25, 0.3) is 0 Å². The van der Waals surface area contributed by atoms with Crippen molar-refractivity contribution in [2.75, 3.05) is 5.32 Å². The van der Waals surface area contributed by atoms with Crippen molar-refractivity contribution in [2.45, 2.75) is 25.3 Å². The lowest BCUT2D eigenvalue weighted by Gasteiger charge is -2.12. The van der Waals surface area contributed by atoms with Crippen LogP contribution in [0.3, 0.4) is 0 Å². The molecule has 0 spiro atoms. The molecule has 20 heavy (non-hydrogen) atoms. The zero-order chi connectivity index (χ0) is 14.1. The van der Waals surface area contributed by atoms with Crippen molar-refractivity contribution in [2.24, 2.45) is 0 Å². The average Bonchev–Trinajstić information content (AvgIpc) is 3.27. The van der Waals surface area contributed by atoms with Gasteiger partial charge in [-0.1, -0.05) is 47.5 Å². The lowest BCUT2D eigenvalue weighted by molar-refractivity contribution is 0.476. The van der Waals surface area contributed by atoms with Crippen LogP contribution in [0.5, 0.6) is 5.75 Å². The minimum atomic E-state index is -0.0720. The number of benzene rings is 2. The van der Waals surface area contributed by atoms with Crippen molar-refractivity contribution < 1.29 is 5.11 Å². The van der Waals surface area contributed by atoms with Gasteiger partial charge in [0.2, 0.25) is 0 Å². The van der Waals surface area contributed by atoms with Gasteiger partial charge in [-0.2, -0.15) is 0 Å². The van der Waals surface area contributed by atoms with Gasteiger partial charge in [0, 0.05) is 12.2 Å². The van der Waals surface area contributed by atoms with Crippen molar-refractivity contribution in [3.05, 3.63) is 57.6 Å². The molecule has 1 saturated carbocycles. The van der Waals surface area contributed by atoms with E-state index in [0.717, 1.165) is 18.2 Å². The fourth-order valence-corrected chi connectivity index (χ4v) is 2.84. The molecule has 0 bridgehead atoms. The van der Waals surface area contributed by atoms with E-state index in [4.69, 9.17) is 23.2 Å². The molecule has 0 atom stereocenters. The third-order valence-corrected chi connectivity index (χ3v) is 4.15. The van der Waals surface area contributed by atoms with Gasteiger partial charge in [0.05, 0.1) is 10.0 Å². The molecule has 2 aromatic carbocycles. The van der Waals surface area contributed by atoms with Crippen LogP contribution < -0.4 is 5.32 Å². The van der Waals surface area contributed by atoms with E-state index in [1.165, 1.54) is 24.0 Å². The summed E-state index contributed by atoms with van der Waals surface area (Å²) < 4.78 is 0. The van der Waals surface area contributed by atoms with Gasteiger partial charge in [0.1, 0.15) is 0 Å². The molecule has 2 N–H and O–H groups in total. The first-order valence-corrected chi connectivity index (χ1v) is 7.40. The van der Waals surface area contributed by atoms with Crippen LogP contribution in [0.2, 0.25) is 10.0 Å². The summed E-state index contributed by atoms with van der Waals surface area (Å²) in [4.78, 5) is 0. The van der Waals surface area contributed by atoms with E-state index in [-0.39, 0.29) is 15.8 Å². The first-order valence-electron chi connectivity index (χ1n) is 6.65. The lowest BCUT2D eigenvalue weighted by atomic mass is 10.0. The number of phenols is 1. The van der Waals surface area contributed by atoms with Crippen LogP contribution in [0, 0.1) is 0 Å². The number of hydrogen-bond donors (Lipinski definition) is 2. The largest absolute Gasteiger partial charge is 0.505 e. The summed E-state index contributed by atoms with van der Waals surface area (Å²) >= 11 is 11.8. The molecule has 2 nitrogen and oxygen atoms in total. The molecule has 0 unspecified atom stereocenters. The Balaban J connectivity index is 1.77. The van der Waals surface area contributed by atoms with E-state index in [0.29, 0.717) is 0 Å². The first kappa shape index (κ1) is 13.6. The third kappa shape index (κ3) is 2.87. The number of nitrogens with one attached hydrogen (secondary N) is 1. The maximum atomic E-state index is 9.55. The average molecular weight is 308 g/mol. The van der Waals surface area contributed by atoms with Gasteiger partial charge in [-0.25, -0.2) is 0 Å². The SMILES string of the molecule is Oc1c(Cl)cc(NCc2ccccc2C2CC2)cc1Cl. The first-order chi connectivity index (χ1) is 9.65. The van der Waals surface area contributed by atoms with E-state index in [1.807, 2.05) is 0 Å². The van der Waals surface area contributed by atoms with Gasteiger partial charge in [-0.15, -0.1) is 0 Å². The monoisotopic (exact) mass is 307 g/mol. The highest BCUT2D eigenvalue weighted by Gasteiger charge is 2.25. The Labute approximate surface area is 128 Å². The summed E-state index contributed by atoms with van der Waals surface area (Å²) in [7, 11) is 0. The molecule has 0 amide bonds. The minimum absolute atomic E-state index is 0.0720. The molecular weight excluding hydrogens is 293 g/mol. The van der Waals surface area contributed by atoms with E-state index < -0.39 is 0 Å². The van der Waals surface area contributed by atoms with Crippen LogP contribution in [0.1, 0.15) is 29.9 Å². The molecule has 0 heterocycles. The summed E-state index contributed by atoms with van der Waals surface area (Å²) in [6, 6.07) is 11.9. The molecular formula is C16H15Cl2NO. The quantitative estimate of drug-likeness (QED) is 0.762. The molecule has 1 aliphatic carbocycles. The highest BCUT2D eigenvalue weighted by Crippen LogP contribution is 2.42. The highest BCUT2D eigenvalue weighted by atomic mass is 35.5. The van der Waals surface area contributed by atoms with Gasteiger partial charge in [-0.05, 0) is 42.0 Å². The Hall–Kier alpha value is -1.38. The topological polar surface area (TPSA) is 32.3 Å². The zero-order valence-electron chi connectivity index (χ0n) is 10.9. The Bertz CT molecular complexity index is 615. The van der Waals surface area contributed by atoms with Crippen LogP contribution in [-0.2, 0) is 6.54 Å². The Morgan fingerprint density at radius 1 is 1.10 bits per heavy atom. The third-order valence-electron chi connectivity index (χ3n) is 3.57. The summed E-state index contributed by atoms with van der Waals surface area (Å²) in [5, 5.41) is 13.4. The number of halogens is 2. The van der Waals surface area contributed by atoms with Gasteiger partial charge < -0.3 is 10.4 Å². The maximum Gasteiger partial charge on any atom is 0.152 e. The van der Waals surface area contributed by atoms with E-state index in [9.17, 15) is 5.11 Å². The van der Waals surface area contributed by atoms with Crippen LogP contribution in [0.15, 0.2) is 36.4 Å². The smallest absolute Gasteiger partial charge is 0.152 e. The summed E-state index contributed by atoms with van der Waals surface area (Å²) in [5.74, 6) is 0.650. The van der Waals surface area contributed by atoms with Crippen molar-refractivity contribution in [1.29, 1.82) is 0 Å². The standard InChI is InChI=1S/C16H15Cl2NO/c17-14-7-12(8-15(18)16(14)20)19-9-11-3-1-2-4-13(11)10-5-6-10/h1-4,7-8,10,19-20H,5-6,9H2. The minimum Gasteiger partial charge on any atom is -0.505 e. The highest BCUT2D eigenvalue weighted by molar-refractivity contribution is 6.37. The molecule has 2 aromatic rings. The second kappa shape index (κ2) is 5.55. The molecule has 0 aromatic heterocycles.